The zero-order valence-corrected chi connectivity index (χ0v) is 16.0. The highest BCUT2D eigenvalue weighted by atomic mass is 16.3. The summed E-state index contributed by atoms with van der Waals surface area (Å²) in [5.74, 6) is 2.33. The Morgan fingerprint density at radius 2 is 2.00 bits per heavy atom. The van der Waals surface area contributed by atoms with E-state index in [0.717, 1.165) is 36.7 Å². The lowest BCUT2D eigenvalue weighted by Gasteiger charge is -2.31. The van der Waals surface area contributed by atoms with Gasteiger partial charge in [-0.2, -0.15) is 0 Å². The monoisotopic (exact) mass is 356 g/mol. The molecular formula is C20H28N4O2. The van der Waals surface area contributed by atoms with Gasteiger partial charge in [-0.25, -0.2) is 9.97 Å². The number of aryl methyl sites for hydroxylation is 1. The van der Waals surface area contributed by atoms with Gasteiger partial charge in [0.05, 0.1) is 12.2 Å². The minimum absolute atomic E-state index is 0.0546. The Balaban J connectivity index is 1.82. The van der Waals surface area contributed by atoms with Crippen LogP contribution in [0.25, 0.3) is 0 Å². The second kappa shape index (κ2) is 7.21. The third-order valence-corrected chi connectivity index (χ3v) is 4.74. The molecule has 140 valence electrons. The van der Waals surface area contributed by atoms with Crippen molar-refractivity contribution < 1.29 is 10.2 Å². The molecule has 0 bridgehead atoms. The minimum Gasteiger partial charge on any atom is -0.394 e. The molecule has 0 amide bonds. The fourth-order valence-corrected chi connectivity index (χ4v) is 3.22. The van der Waals surface area contributed by atoms with Gasteiger partial charge >= 0.3 is 0 Å². The number of nitrogens with zero attached hydrogens (tertiary/aromatic N) is 3. The van der Waals surface area contributed by atoms with Crippen molar-refractivity contribution in [1.29, 1.82) is 0 Å². The van der Waals surface area contributed by atoms with Crippen LogP contribution in [0.3, 0.4) is 0 Å². The Kier molecular flexibility index (Phi) is 5.16. The molecule has 3 rings (SSSR count). The van der Waals surface area contributed by atoms with Gasteiger partial charge in [0.2, 0.25) is 0 Å². The fraction of sp³-hybridized carbons (Fsp3) is 0.500. The lowest BCUT2D eigenvalue weighted by atomic mass is 9.91. The molecule has 1 aliphatic heterocycles. The first kappa shape index (κ1) is 18.6. The summed E-state index contributed by atoms with van der Waals surface area (Å²) >= 11 is 0. The lowest BCUT2D eigenvalue weighted by Crippen LogP contribution is -2.32. The van der Waals surface area contributed by atoms with Crippen molar-refractivity contribution in [2.45, 2.75) is 52.3 Å². The molecule has 1 aliphatic rings. The van der Waals surface area contributed by atoms with Crippen molar-refractivity contribution in [3.05, 3.63) is 46.8 Å². The first-order chi connectivity index (χ1) is 12.3. The van der Waals surface area contributed by atoms with Crippen molar-refractivity contribution in [3.8, 4) is 0 Å². The molecule has 1 aromatic carbocycles. The average molecular weight is 356 g/mol. The maximum atomic E-state index is 10.2. The summed E-state index contributed by atoms with van der Waals surface area (Å²) in [6, 6.07) is 8.11. The number of benzene rings is 1. The molecule has 3 N–H and O–H groups in total. The molecule has 0 fully saturated rings. The fourth-order valence-electron chi connectivity index (χ4n) is 3.22. The quantitative estimate of drug-likeness (QED) is 0.763. The third-order valence-electron chi connectivity index (χ3n) is 4.74. The molecule has 2 aromatic rings. The predicted octanol–water partition coefficient (Wildman–Crippen LogP) is 2.37. The first-order valence-corrected chi connectivity index (χ1v) is 9.09. The van der Waals surface area contributed by atoms with Crippen LogP contribution in [-0.2, 0) is 18.6 Å². The van der Waals surface area contributed by atoms with E-state index < -0.39 is 5.60 Å². The second-order valence-corrected chi connectivity index (χ2v) is 7.60. The standard InChI is InChI=1S/C20H28N4O2/c1-13(12-25)21-18-10-19(23-14(2)22-18)24-8-7-15-9-17(20(3,4)26)6-5-16(15)11-24/h5-6,9-10,13,25-26H,7-8,11-12H2,1-4H3,(H,21,22,23)/t13-/m1/s1. The van der Waals surface area contributed by atoms with Crippen LogP contribution in [0.15, 0.2) is 24.3 Å². The van der Waals surface area contributed by atoms with Gasteiger partial charge in [-0.15, -0.1) is 0 Å². The molecule has 0 aliphatic carbocycles. The van der Waals surface area contributed by atoms with E-state index in [0.29, 0.717) is 5.82 Å². The van der Waals surface area contributed by atoms with Crippen molar-refractivity contribution in [1.82, 2.24) is 9.97 Å². The van der Waals surface area contributed by atoms with Crippen LogP contribution in [0.4, 0.5) is 11.6 Å². The Bertz CT molecular complexity index is 786. The molecule has 0 saturated heterocycles. The van der Waals surface area contributed by atoms with Gasteiger partial charge in [-0.1, -0.05) is 18.2 Å². The Morgan fingerprint density at radius 1 is 1.23 bits per heavy atom. The number of rotatable bonds is 5. The van der Waals surface area contributed by atoms with E-state index >= 15 is 0 Å². The molecule has 2 heterocycles. The van der Waals surface area contributed by atoms with Crippen molar-refractivity contribution in [3.63, 3.8) is 0 Å². The smallest absolute Gasteiger partial charge is 0.134 e. The zero-order chi connectivity index (χ0) is 18.9. The first-order valence-electron chi connectivity index (χ1n) is 9.09. The van der Waals surface area contributed by atoms with Gasteiger partial charge in [-0.05, 0) is 50.8 Å². The van der Waals surface area contributed by atoms with E-state index in [1.807, 2.05) is 39.8 Å². The van der Waals surface area contributed by atoms with E-state index in [4.69, 9.17) is 0 Å². The topological polar surface area (TPSA) is 81.5 Å². The highest BCUT2D eigenvalue weighted by molar-refractivity contribution is 5.52. The minimum atomic E-state index is -0.820. The normalized spacial score (nSPS) is 15.5. The predicted molar refractivity (Wildman–Crippen MR) is 103 cm³/mol. The summed E-state index contributed by atoms with van der Waals surface area (Å²) in [7, 11) is 0. The number of aromatic nitrogens is 2. The zero-order valence-electron chi connectivity index (χ0n) is 16.0. The summed E-state index contributed by atoms with van der Waals surface area (Å²) in [5.41, 5.74) is 2.68. The molecule has 1 atom stereocenters. The van der Waals surface area contributed by atoms with Crippen LogP contribution in [0, 0.1) is 6.92 Å². The Morgan fingerprint density at radius 3 is 2.69 bits per heavy atom. The van der Waals surface area contributed by atoms with Crippen LogP contribution < -0.4 is 10.2 Å². The van der Waals surface area contributed by atoms with E-state index in [9.17, 15) is 10.2 Å². The van der Waals surface area contributed by atoms with Crippen LogP contribution in [0.2, 0.25) is 0 Å². The largest absolute Gasteiger partial charge is 0.394 e. The maximum Gasteiger partial charge on any atom is 0.134 e. The van der Waals surface area contributed by atoms with Gasteiger partial charge < -0.3 is 20.4 Å². The van der Waals surface area contributed by atoms with Crippen molar-refractivity contribution >= 4 is 11.6 Å². The molecule has 0 unspecified atom stereocenters. The average Bonchev–Trinajstić information content (AvgIpc) is 2.59. The number of hydrogen-bond acceptors (Lipinski definition) is 6. The van der Waals surface area contributed by atoms with Crippen LogP contribution in [0.5, 0.6) is 0 Å². The van der Waals surface area contributed by atoms with E-state index in [2.05, 4.69) is 32.3 Å². The van der Waals surface area contributed by atoms with Crippen molar-refractivity contribution in [2.75, 3.05) is 23.4 Å². The van der Waals surface area contributed by atoms with E-state index in [-0.39, 0.29) is 12.6 Å². The van der Waals surface area contributed by atoms with Crippen LogP contribution in [0.1, 0.15) is 43.3 Å². The maximum absolute atomic E-state index is 10.2. The highest BCUT2D eigenvalue weighted by Crippen LogP contribution is 2.28. The van der Waals surface area contributed by atoms with Crippen molar-refractivity contribution in [2.24, 2.45) is 0 Å². The van der Waals surface area contributed by atoms with Crippen LogP contribution >= 0.6 is 0 Å². The molecule has 6 nitrogen and oxygen atoms in total. The third kappa shape index (κ3) is 4.14. The number of hydrogen-bond donors (Lipinski definition) is 3. The molecule has 6 heteroatoms. The van der Waals surface area contributed by atoms with Gasteiger partial charge in [0.25, 0.3) is 0 Å². The number of anilines is 2. The number of aliphatic hydroxyl groups is 2. The van der Waals surface area contributed by atoms with Gasteiger partial charge in [-0.3, -0.25) is 0 Å². The van der Waals surface area contributed by atoms with Gasteiger partial charge in [0, 0.05) is 25.2 Å². The SMILES string of the molecule is Cc1nc(N[C@H](C)CO)cc(N2CCc3cc(C(C)(C)O)ccc3C2)n1. The van der Waals surface area contributed by atoms with E-state index in [1.165, 1.54) is 11.1 Å². The number of aliphatic hydroxyl groups excluding tert-OH is 1. The summed E-state index contributed by atoms with van der Waals surface area (Å²) in [6.07, 6.45) is 0.915. The van der Waals surface area contributed by atoms with E-state index in [1.54, 1.807) is 0 Å². The van der Waals surface area contributed by atoms with Crippen LogP contribution in [-0.4, -0.2) is 39.4 Å². The molecule has 0 saturated carbocycles. The Hall–Kier alpha value is -2.18. The molecule has 1 aromatic heterocycles. The summed E-state index contributed by atoms with van der Waals surface area (Å²) < 4.78 is 0. The van der Waals surface area contributed by atoms with Gasteiger partial charge in [0.15, 0.2) is 0 Å². The number of nitrogens with one attached hydrogen (secondary N) is 1. The molecular weight excluding hydrogens is 328 g/mol. The number of fused-ring (bicyclic) bond motifs is 1. The molecule has 0 spiro atoms. The Labute approximate surface area is 154 Å². The summed E-state index contributed by atoms with van der Waals surface area (Å²) in [4.78, 5) is 11.3. The lowest BCUT2D eigenvalue weighted by molar-refractivity contribution is 0.0785. The van der Waals surface area contributed by atoms with Gasteiger partial charge in [0.1, 0.15) is 17.5 Å². The summed E-state index contributed by atoms with van der Waals surface area (Å²) in [5, 5.41) is 22.7. The highest BCUT2D eigenvalue weighted by Gasteiger charge is 2.22. The molecule has 26 heavy (non-hydrogen) atoms. The second-order valence-electron chi connectivity index (χ2n) is 7.60. The molecule has 0 radical (unpaired) electrons. The summed E-state index contributed by atoms with van der Waals surface area (Å²) in [6.45, 7) is 9.13.